The number of rotatable bonds is 4. The molecule has 1 saturated heterocycles. The molecule has 0 amide bonds. The minimum atomic E-state index is 0.615. The van der Waals surface area contributed by atoms with Crippen LogP contribution in [0.4, 0.5) is 0 Å². The van der Waals surface area contributed by atoms with Crippen molar-refractivity contribution >= 4 is 10.9 Å². The lowest BCUT2D eigenvalue weighted by atomic mass is 9.90. The first-order chi connectivity index (χ1) is 11.3. The second-order valence-electron chi connectivity index (χ2n) is 6.20. The van der Waals surface area contributed by atoms with E-state index in [1.807, 2.05) is 18.2 Å². The maximum absolute atomic E-state index is 5.53. The van der Waals surface area contributed by atoms with Crippen molar-refractivity contribution in [3.8, 4) is 5.75 Å². The summed E-state index contributed by atoms with van der Waals surface area (Å²) < 4.78 is 13.3. The third-order valence-electron chi connectivity index (χ3n) is 4.80. The van der Waals surface area contributed by atoms with Gasteiger partial charge in [0.25, 0.3) is 0 Å². The fourth-order valence-corrected chi connectivity index (χ4v) is 3.59. The summed E-state index contributed by atoms with van der Waals surface area (Å²) in [7, 11) is 1.73. The summed E-state index contributed by atoms with van der Waals surface area (Å²) in [6.45, 7) is 2.96. The predicted molar refractivity (Wildman–Crippen MR) is 91.1 cm³/mol. The number of hydrogen-bond acceptors (Lipinski definition) is 3. The molecule has 3 aromatic rings. The normalized spacial score (nSPS) is 16.0. The Morgan fingerprint density at radius 3 is 2.87 bits per heavy atom. The molecular formula is C19H22N2O2. The molecule has 120 valence electrons. The minimum Gasteiger partial charge on any atom is -0.497 e. The van der Waals surface area contributed by atoms with Crippen LogP contribution in [0.2, 0.25) is 0 Å². The molecule has 1 fully saturated rings. The zero-order valence-corrected chi connectivity index (χ0v) is 13.4. The number of furan rings is 1. The van der Waals surface area contributed by atoms with Crippen molar-refractivity contribution in [2.75, 3.05) is 20.2 Å². The Bertz CT molecular complexity index is 783. The Kier molecular flexibility index (Phi) is 3.83. The highest BCUT2D eigenvalue weighted by Gasteiger charge is 2.20. The first-order valence-electron chi connectivity index (χ1n) is 8.25. The second kappa shape index (κ2) is 6.13. The molecule has 1 aromatic carbocycles. The van der Waals surface area contributed by atoms with Crippen LogP contribution in [0.5, 0.6) is 5.75 Å². The summed E-state index contributed by atoms with van der Waals surface area (Å²) >= 11 is 0. The van der Waals surface area contributed by atoms with Crippen LogP contribution in [0.1, 0.15) is 30.1 Å². The molecule has 4 nitrogen and oxygen atoms in total. The van der Waals surface area contributed by atoms with Crippen molar-refractivity contribution < 1.29 is 9.15 Å². The van der Waals surface area contributed by atoms with Gasteiger partial charge in [-0.2, -0.15) is 0 Å². The Morgan fingerprint density at radius 1 is 1.26 bits per heavy atom. The molecule has 23 heavy (non-hydrogen) atoms. The van der Waals surface area contributed by atoms with Gasteiger partial charge in [-0.1, -0.05) is 0 Å². The van der Waals surface area contributed by atoms with Crippen LogP contribution in [0.25, 0.3) is 10.9 Å². The zero-order chi connectivity index (χ0) is 15.6. The van der Waals surface area contributed by atoms with Crippen LogP contribution < -0.4 is 10.1 Å². The van der Waals surface area contributed by atoms with Crippen molar-refractivity contribution in [2.45, 2.75) is 25.3 Å². The van der Waals surface area contributed by atoms with Gasteiger partial charge in [-0.3, -0.25) is 0 Å². The van der Waals surface area contributed by atoms with Crippen LogP contribution in [0.15, 0.2) is 47.2 Å². The molecule has 4 heteroatoms. The molecule has 0 saturated carbocycles. The third kappa shape index (κ3) is 2.75. The van der Waals surface area contributed by atoms with Crippen molar-refractivity contribution in [2.24, 2.45) is 0 Å². The minimum absolute atomic E-state index is 0.615. The highest BCUT2D eigenvalue weighted by Crippen LogP contribution is 2.35. The molecule has 1 aliphatic heterocycles. The topological polar surface area (TPSA) is 39.3 Å². The van der Waals surface area contributed by atoms with E-state index >= 15 is 0 Å². The fourth-order valence-electron chi connectivity index (χ4n) is 3.59. The number of nitrogens with zero attached hydrogens (tertiary/aromatic N) is 1. The van der Waals surface area contributed by atoms with E-state index in [4.69, 9.17) is 9.15 Å². The molecule has 1 N–H and O–H groups in total. The molecule has 1 aliphatic rings. The number of benzene rings is 1. The van der Waals surface area contributed by atoms with E-state index in [9.17, 15) is 0 Å². The lowest BCUT2D eigenvalue weighted by Crippen LogP contribution is -2.26. The zero-order valence-electron chi connectivity index (χ0n) is 13.4. The van der Waals surface area contributed by atoms with Crippen LogP contribution >= 0.6 is 0 Å². The van der Waals surface area contributed by atoms with Crippen molar-refractivity contribution in [1.29, 1.82) is 0 Å². The largest absolute Gasteiger partial charge is 0.497 e. The number of piperidine rings is 1. The summed E-state index contributed by atoms with van der Waals surface area (Å²) in [5.74, 6) is 2.52. The number of methoxy groups -OCH3 is 1. The molecule has 0 bridgehead atoms. The van der Waals surface area contributed by atoms with E-state index in [1.165, 1.54) is 29.3 Å². The van der Waals surface area contributed by atoms with Crippen LogP contribution in [0.3, 0.4) is 0 Å². The average molecular weight is 310 g/mol. The number of fused-ring (bicyclic) bond motifs is 1. The van der Waals surface area contributed by atoms with Gasteiger partial charge in [-0.05, 0) is 67.7 Å². The highest BCUT2D eigenvalue weighted by molar-refractivity contribution is 5.86. The van der Waals surface area contributed by atoms with E-state index in [0.717, 1.165) is 31.1 Å². The first-order valence-corrected chi connectivity index (χ1v) is 8.25. The molecule has 4 rings (SSSR count). The van der Waals surface area contributed by atoms with E-state index in [-0.39, 0.29) is 0 Å². The molecule has 0 spiro atoms. The lowest BCUT2D eigenvalue weighted by molar-refractivity contribution is 0.415. The molecule has 0 aliphatic carbocycles. The predicted octanol–water partition coefficient (Wildman–Crippen LogP) is 3.76. The van der Waals surface area contributed by atoms with Crippen LogP contribution in [-0.4, -0.2) is 24.8 Å². The van der Waals surface area contributed by atoms with Crippen molar-refractivity contribution in [1.82, 2.24) is 9.88 Å². The van der Waals surface area contributed by atoms with Crippen LogP contribution in [0, 0.1) is 0 Å². The van der Waals surface area contributed by atoms with Gasteiger partial charge in [0.2, 0.25) is 0 Å². The van der Waals surface area contributed by atoms with E-state index in [1.54, 1.807) is 13.4 Å². The van der Waals surface area contributed by atoms with Gasteiger partial charge < -0.3 is 19.0 Å². The smallest absolute Gasteiger partial charge is 0.123 e. The van der Waals surface area contributed by atoms with Gasteiger partial charge in [0, 0.05) is 17.1 Å². The average Bonchev–Trinajstić information content (AvgIpc) is 3.24. The summed E-state index contributed by atoms with van der Waals surface area (Å²) in [5.41, 5.74) is 2.68. The third-order valence-corrected chi connectivity index (χ3v) is 4.80. The quantitative estimate of drug-likeness (QED) is 0.797. The molecule has 2 aromatic heterocycles. The summed E-state index contributed by atoms with van der Waals surface area (Å²) in [4.78, 5) is 0. The molecular weight excluding hydrogens is 288 g/mol. The molecule has 3 heterocycles. The van der Waals surface area contributed by atoms with Gasteiger partial charge >= 0.3 is 0 Å². The van der Waals surface area contributed by atoms with Gasteiger partial charge in [0.05, 0.1) is 19.9 Å². The SMILES string of the molecule is COc1ccc2c(c1)c(C1CCNCC1)cn2Cc1ccco1. The monoisotopic (exact) mass is 310 g/mol. The highest BCUT2D eigenvalue weighted by atomic mass is 16.5. The fraction of sp³-hybridized carbons (Fsp3) is 0.368. The van der Waals surface area contributed by atoms with Crippen LogP contribution in [-0.2, 0) is 6.54 Å². The maximum atomic E-state index is 5.53. The Labute approximate surface area is 136 Å². The summed E-state index contributed by atoms with van der Waals surface area (Å²) in [6.07, 6.45) is 6.43. The van der Waals surface area contributed by atoms with E-state index in [0.29, 0.717) is 5.92 Å². The second-order valence-corrected chi connectivity index (χ2v) is 6.20. The van der Waals surface area contributed by atoms with E-state index < -0.39 is 0 Å². The van der Waals surface area contributed by atoms with Crippen molar-refractivity contribution in [3.63, 3.8) is 0 Å². The number of nitrogens with one attached hydrogen (secondary N) is 1. The van der Waals surface area contributed by atoms with Gasteiger partial charge in [-0.25, -0.2) is 0 Å². The van der Waals surface area contributed by atoms with Crippen molar-refractivity contribution in [3.05, 3.63) is 54.1 Å². The molecule has 0 atom stereocenters. The number of ether oxygens (including phenoxy) is 1. The number of aromatic nitrogens is 1. The summed E-state index contributed by atoms with van der Waals surface area (Å²) in [5, 5.41) is 4.76. The standard InChI is InChI=1S/C19H22N2O2/c1-22-15-4-5-19-17(11-15)18(14-6-8-20-9-7-14)13-21(19)12-16-3-2-10-23-16/h2-5,10-11,13-14,20H,6-9,12H2,1H3. The van der Waals surface area contributed by atoms with Gasteiger partial charge in [0.1, 0.15) is 11.5 Å². The van der Waals surface area contributed by atoms with Gasteiger partial charge in [0.15, 0.2) is 0 Å². The van der Waals surface area contributed by atoms with Gasteiger partial charge in [-0.15, -0.1) is 0 Å². The first kappa shape index (κ1) is 14.4. The molecule has 0 radical (unpaired) electrons. The maximum Gasteiger partial charge on any atom is 0.123 e. The lowest BCUT2D eigenvalue weighted by Gasteiger charge is -2.22. The number of hydrogen-bond donors (Lipinski definition) is 1. The summed E-state index contributed by atoms with van der Waals surface area (Å²) in [6, 6.07) is 10.3. The van der Waals surface area contributed by atoms with E-state index in [2.05, 4.69) is 28.2 Å². The Balaban J connectivity index is 1.79. The Morgan fingerprint density at radius 2 is 2.13 bits per heavy atom. The molecule has 0 unspecified atom stereocenters. The Hall–Kier alpha value is -2.20.